The maximum atomic E-state index is 12.9. The van der Waals surface area contributed by atoms with Gasteiger partial charge in [0.05, 0.1) is 25.9 Å². The van der Waals surface area contributed by atoms with E-state index in [0.717, 1.165) is 40.9 Å². The van der Waals surface area contributed by atoms with Gasteiger partial charge in [-0.2, -0.15) is 0 Å². The zero-order chi connectivity index (χ0) is 33.0. The van der Waals surface area contributed by atoms with Gasteiger partial charge in [-0.1, -0.05) is 72.8 Å². The molecule has 1 saturated heterocycles. The van der Waals surface area contributed by atoms with Crippen molar-refractivity contribution < 1.29 is 28.9 Å². The van der Waals surface area contributed by atoms with Crippen LogP contribution in [-0.2, 0) is 38.5 Å². The van der Waals surface area contributed by atoms with E-state index in [1.54, 1.807) is 12.1 Å². The Morgan fingerprint density at radius 1 is 0.936 bits per heavy atom. The third-order valence-electron chi connectivity index (χ3n) is 8.12. The number of likely N-dealkylation sites (N-methyl/N-ethyl adjacent to an activating group) is 1. The number of amides is 2. The summed E-state index contributed by atoms with van der Waals surface area (Å²) in [7, 11) is 3.38. The van der Waals surface area contributed by atoms with Crippen molar-refractivity contribution in [3.05, 3.63) is 131 Å². The quantitative estimate of drug-likeness (QED) is 0.171. The van der Waals surface area contributed by atoms with Gasteiger partial charge in [0, 0.05) is 55.5 Å². The molecule has 3 N–H and O–H groups in total. The van der Waals surface area contributed by atoms with Crippen LogP contribution >= 0.6 is 0 Å². The number of nitrogens with zero attached hydrogens (tertiary/aromatic N) is 2. The van der Waals surface area contributed by atoms with E-state index in [2.05, 4.69) is 27.6 Å². The van der Waals surface area contributed by atoms with E-state index in [0.29, 0.717) is 25.1 Å². The number of aliphatic hydroxyl groups is 1. The van der Waals surface area contributed by atoms with E-state index in [-0.39, 0.29) is 18.8 Å². The maximum Gasteiger partial charge on any atom is 0.328 e. The van der Waals surface area contributed by atoms with Crippen molar-refractivity contribution in [3.63, 3.8) is 0 Å². The van der Waals surface area contributed by atoms with E-state index in [9.17, 15) is 14.7 Å². The number of benzene rings is 3. The molecule has 0 saturated carbocycles. The number of anilines is 1. The molecule has 47 heavy (non-hydrogen) atoms. The Bertz CT molecular complexity index is 1550. The molecule has 2 heterocycles. The Morgan fingerprint density at radius 2 is 1.66 bits per heavy atom. The zero-order valence-electron chi connectivity index (χ0n) is 26.7. The molecule has 1 fully saturated rings. The predicted molar refractivity (Wildman–Crippen MR) is 178 cm³/mol. The van der Waals surface area contributed by atoms with Gasteiger partial charge in [0.25, 0.3) is 0 Å². The summed E-state index contributed by atoms with van der Waals surface area (Å²) in [6.07, 6.45) is 2.69. The minimum atomic E-state index is -0.840. The highest BCUT2D eigenvalue weighted by atomic mass is 16.7. The van der Waals surface area contributed by atoms with Crippen LogP contribution in [0.5, 0.6) is 0 Å². The summed E-state index contributed by atoms with van der Waals surface area (Å²) in [4.78, 5) is 31.9. The third kappa shape index (κ3) is 9.94. The Balaban J connectivity index is 1.24. The first kappa shape index (κ1) is 33.7. The van der Waals surface area contributed by atoms with E-state index in [1.165, 1.54) is 7.11 Å². The number of rotatable bonds is 13. The van der Waals surface area contributed by atoms with Gasteiger partial charge >= 0.3 is 12.0 Å². The van der Waals surface area contributed by atoms with Gasteiger partial charge in [0.15, 0.2) is 6.29 Å². The van der Waals surface area contributed by atoms with Crippen LogP contribution < -0.4 is 10.6 Å². The molecule has 10 heteroatoms. The molecule has 0 aliphatic carbocycles. The van der Waals surface area contributed by atoms with E-state index in [4.69, 9.17) is 14.2 Å². The second kappa shape index (κ2) is 16.8. The van der Waals surface area contributed by atoms with Crippen molar-refractivity contribution in [2.24, 2.45) is 0 Å². The van der Waals surface area contributed by atoms with Crippen LogP contribution in [0.1, 0.15) is 46.8 Å². The average molecular weight is 639 g/mol. The molecule has 246 valence electrons. The van der Waals surface area contributed by atoms with Gasteiger partial charge in [-0.15, -0.1) is 0 Å². The number of carbonyl (C=O) groups excluding carboxylic acids is 2. The molecule has 1 aliphatic rings. The van der Waals surface area contributed by atoms with Crippen LogP contribution in [0.2, 0.25) is 0 Å². The number of esters is 1. The molecular formula is C37H42N4O6. The summed E-state index contributed by atoms with van der Waals surface area (Å²) in [6, 6.07) is 29.1. The zero-order valence-corrected chi connectivity index (χ0v) is 26.7. The molecular weight excluding hydrogens is 596 g/mol. The van der Waals surface area contributed by atoms with Gasteiger partial charge < -0.3 is 34.9 Å². The molecule has 0 spiro atoms. The number of urea groups is 1. The molecule has 5 rings (SSSR count). The SMILES string of the molecule is COC(=O)[C@H](Cc1ccccc1)NC(=O)Nc1ccc([C@@H]2O[C@H](CN(C)CCc3ccccn3)C[C@H](c3ccc(CO)cc3)O2)cc1. The highest BCUT2D eigenvalue weighted by molar-refractivity contribution is 5.92. The lowest BCUT2D eigenvalue weighted by atomic mass is 9.99. The number of methoxy groups -OCH3 is 1. The molecule has 0 radical (unpaired) electrons. The van der Waals surface area contributed by atoms with Gasteiger partial charge in [-0.25, -0.2) is 9.59 Å². The monoisotopic (exact) mass is 638 g/mol. The second-order valence-electron chi connectivity index (χ2n) is 11.7. The summed E-state index contributed by atoms with van der Waals surface area (Å²) < 4.78 is 17.9. The third-order valence-corrected chi connectivity index (χ3v) is 8.12. The topological polar surface area (TPSA) is 122 Å². The molecule has 0 bridgehead atoms. The average Bonchev–Trinajstić information content (AvgIpc) is 3.11. The molecule has 0 unspecified atom stereocenters. The van der Waals surface area contributed by atoms with Crippen LogP contribution in [0.4, 0.5) is 10.5 Å². The largest absolute Gasteiger partial charge is 0.467 e. The Morgan fingerprint density at radius 3 is 2.34 bits per heavy atom. The van der Waals surface area contributed by atoms with E-state index < -0.39 is 24.3 Å². The van der Waals surface area contributed by atoms with Crippen LogP contribution in [0, 0.1) is 0 Å². The van der Waals surface area contributed by atoms with Crippen molar-refractivity contribution in [1.29, 1.82) is 0 Å². The van der Waals surface area contributed by atoms with Crippen molar-refractivity contribution in [1.82, 2.24) is 15.2 Å². The van der Waals surface area contributed by atoms with Gasteiger partial charge in [-0.05, 0) is 48.0 Å². The first-order valence-corrected chi connectivity index (χ1v) is 15.8. The lowest BCUT2D eigenvalue weighted by molar-refractivity contribution is -0.252. The number of aromatic nitrogens is 1. The van der Waals surface area contributed by atoms with Crippen LogP contribution in [0.3, 0.4) is 0 Å². The molecule has 10 nitrogen and oxygen atoms in total. The highest BCUT2D eigenvalue weighted by Crippen LogP contribution is 2.38. The fraction of sp³-hybridized carbons (Fsp3) is 0.324. The fourth-order valence-corrected chi connectivity index (χ4v) is 5.56. The molecule has 4 aromatic rings. The maximum absolute atomic E-state index is 12.9. The normalized spacial score (nSPS) is 18.3. The number of pyridine rings is 1. The number of carbonyl (C=O) groups is 2. The summed E-state index contributed by atoms with van der Waals surface area (Å²) in [6.45, 7) is 1.53. The fourth-order valence-electron chi connectivity index (χ4n) is 5.56. The lowest BCUT2D eigenvalue weighted by Gasteiger charge is -2.38. The second-order valence-corrected chi connectivity index (χ2v) is 11.7. The molecule has 3 aromatic carbocycles. The smallest absolute Gasteiger partial charge is 0.328 e. The van der Waals surface area contributed by atoms with Crippen molar-refractivity contribution in [3.8, 4) is 0 Å². The number of aliphatic hydroxyl groups excluding tert-OH is 1. The van der Waals surface area contributed by atoms with Gasteiger partial charge in [-0.3, -0.25) is 4.98 Å². The number of ether oxygens (including phenoxy) is 3. The Hall–Kier alpha value is -4.61. The van der Waals surface area contributed by atoms with Crippen molar-refractivity contribution >= 4 is 17.7 Å². The van der Waals surface area contributed by atoms with Crippen molar-refractivity contribution in [2.45, 2.75) is 50.4 Å². The predicted octanol–water partition coefficient (Wildman–Crippen LogP) is 5.20. The Kier molecular flexibility index (Phi) is 12.1. The lowest BCUT2D eigenvalue weighted by Crippen LogP contribution is -2.45. The minimum Gasteiger partial charge on any atom is -0.467 e. The summed E-state index contributed by atoms with van der Waals surface area (Å²) in [5.41, 5.74) is 5.17. The summed E-state index contributed by atoms with van der Waals surface area (Å²) in [5.74, 6) is -0.525. The van der Waals surface area contributed by atoms with Crippen LogP contribution in [0.25, 0.3) is 0 Å². The van der Waals surface area contributed by atoms with E-state index in [1.807, 2.05) is 91.1 Å². The van der Waals surface area contributed by atoms with Gasteiger partial charge in [0.2, 0.25) is 0 Å². The van der Waals surface area contributed by atoms with Crippen LogP contribution in [0.15, 0.2) is 103 Å². The summed E-state index contributed by atoms with van der Waals surface area (Å²) in [5, 5.41) is 15.0. The number of nitrogens with one attached hydrogen (secondary N) is 2. The van der Waals surface area contributed by atoms with Crippen LogP contribution in [-0.4, -0.2) is 66.4 Å². The first-order chi connectivity index (χ1) is 22.9. The highest BCUT2D eigenvalue weighted by Gasteiger charge is 2.33. The minimum absolute atomic E-state index is 0.0178. The van der Waals surface area contributed by atoms with E-state index >= 15 is 0 Å². The number of hydrogen-bond donors (Lipinski definition) is 3. The molecule has 1 aliphatic heterocycles. The molecule has 1 aromatic heterocycles. The molecule has 2 amide bonds. The Labute approximate surface area is 275 Å². The van der Waals surface area contributed by atoms with Gasteiger partial charge in [0.1, 0.15) is 6.04 Å². The summed E-state index contributed by atoms with van der Waals surface area (Å²) >= 11 is 0. The standard InChI is InChI=1S/C37H42N4O6/c1-41(21-19-30-10-6-7-20-38-30)24-32-23-34(28-13-11-27(25-42)12-14-28)47-36(46-32)29-15-17-31(18-16-29)39-37(44)40-33(35(43)45-2)22-26-8-4-3-5-9-26/h3-18,20,32-34,36,42H,19,21-25H2,1-2H3,(H2,39,40,44)/t32-,33-,34+,36+/m0/s1. The van der Waals surface area contributed by atoms with Crippen molar-refractivity contribution in [2.75, 3.05) is 32.6 Å². The molecule has 4 atom stereocenters. The first-order valence-electron chi connectivity index (χ1n) is 15.8. The number of hydrogen-bond acceptors (Lipinski definition) is 8.